The Balaban J connectivity index is 1.45. The number of nitrogens with zero attached hydrogens (tertiary/aromatic N) is 1. The third-order valence-electron chi connectivity index (χ3n) is 5.23. The fourth-order valence-electron chi connectivity index (χ4n) is 3.49. The van der Waals surface area contributed by atoms with Crippen molar-refractivity contribution < 1.29 is 23.7 Å². The van der Waals surface area contributed by atoms with Gasteiger partial charge in [-0.25, -0.2) is 4.79 Å². The number of carbonyl (C=O) groups excluding carboxylic acids is 1. The van der Waals surface area contributed by atoms with Crippen molar-refractivity contribution >= 4 is 5.91 Å². The van der Waals surface area contributed by atoms with Crippen LogP contribution in [0.1, 0.15) is 21.5 Å². The number of fused-ring (bicyclic) bond motifs is 1. The summed E-state index contributed by atoms with van der Waals surface area (Å²) in [6, 6.07) is 10.6. The minimum atomic E-state index is -0.681. The molecule has 172 valence electrons. The topological polar surface area (TPSA) is 121 Å². The quantitative estimate of drug-likeness (QED) is 0.527. The van der Waals surface area contributed by atoms with Crippen LogP contribution in [0.3, 0.4) is 0 Å². The molecule has 3 aromatic rings. The number of aromatic amines is 1. The highest BCUT2D eigenvalue weighted by Gasteiger charge is 2.17. The first kappa shape index (κ1) is 22.0. The number of H-pyrrole nitrogens is 1. The summed E-state index contributed by atoms with van der Waals surface area (Å²) in [6.45, 7) is 0.394. The number of hydrogen-bond acceptors (Lipinski definition) is 7. The van der Waals surface area contributed by atoms with Crippen LogP contribution in [0.5, 0.6) is 23.0 Å². The molecule has 33 heavy (non-hydrogen) atoms. The van der Waals surface area contributed by atoms with Crippen LogP contribution in [0, 0.1) is 0 Å². The number of carbonyl (C=O) groups is 1. The normalized spacial score (nSPS) is 11.8. The highest BCUT2D eigenvalue weighted by Crippen LogP contribution is 2.32. The molecule has 2 aromatic carbocycles. The highest BCUT2D eigenvalue weighted by atomic mass is 16.7. The summed E-state index contributed by atoms with van der Waals surface area (Å²) < 4.78 is 22.1. The van der Waals surface area contributed by atoms with E-state index < -0.39 is 17.2 Å². The van der Waals surface area contributed by atoms with E-state index in [1.165, 1.54) is 0 Å². The molecule has 0 atom stereocenters. The lowest BCUT2D eigenvalue weighted by molar-refractivity contribution is 0.0951. The van der Waals surface area contributed by atoms with Crippen molar-refractivity contribution in [1.82, 2.24) is 14.9 Å². The molecule has 1 aromatic heterocycles. The third-order valence-corrected chi connectivity index (χ3v) is 5.23. The molecule has 10 heteroatoms. The van der Waals surface area contributed by atoms with Gasteiger partial charge in [-0.1, -0.05) is 12.1 Å². The lowest BCUT2D eigenvalue weighted by Gasteiger charge is -2.11. The van der Waals surface area contributed by atoms with Crippen LogP contribution in [-0.4, -0.2) is 43.0 Å². The predicted octanol–water partition coefficient (Wildman–Crippen LogP) is 1.30. The molecule has 0 saturated carbocycles. The van der Waals surface area contributed by atoms with Gasteiger partial charge in [-0.3, -0.25) is 14.2 Å². The van der Waals surface area contributed by atoms with Gasteiger partial charge in [-0.05, 0) is 41.8 Å². The zero-order valence-corrected chi connectivity index (χ0v) is 18.2. The summed E-state index contributed by atoms with van der Waals surface area (Å²) in [5, 5.41) is 2.72. The average molecular weight is 453 g/mol. The molecule has 0 aliphatic carbocycles. The molecule has 1 aliphatic heterocycles. The van der Waals surface area contributed by atoms with Gasteiger partial charge < -0.3 is 29.2 Å². The van der Waals surface area contributed by atoms with Gasteiger partial charge in [-0.15, -0.1) is 0 Å². The largest absolute Gasteiger partial charge is 0.493 e. The zero-order valence-electron chi connectivity index (χ0n) is 18.2. The van der Waals surface area contributed by atoms with Gasteiger partial charge in [0.2, 0.25) is 6.79 Å². The van der Waals surface area contributed by atoms with Gasteiger partial charge >= 0.3 is 5.69 Å². The molecular formula is C23H23N3O7. The van der Waals surface area contributed by atoms with Crippen LogP contribution in [0.25, 0.3) is 0 Å². The number of rotatable bonds is 8. The van der Waals surface area contributed by atoms with E-state index in [0.717, 1.165) is 16.3 Å². The fourth-order valence-corrected chi connectivity index (χ4v) is 3.49. The van der Waals surface area contributed by atoms with Crippen molar-refractivity contribution in [2.24, 2.45) is 0 Å². The summed E-state index contributed by atoms with van der Waals surface area (Å²) in [4.78, 5) is 40.2. The summed E-state index contributed by atoms with van der Waals surface area (Å²) in [5.41, 5.74) is 0.148. The fraction of sp³-hybridized carbons (Fsp3) is 0.261. The summed E-state index contributed by atoms with van der Waals surface area (Å²) in [7, 11) is 3.11. The number of hydrogen-bond donors (Lipinski definition) is 2. The van der Waals surface area contributed by atoms with E-state index in [2.05, 4.69) is 10.3 Å². The summed E-state index contributed by atoms with van der Waals surface area (Å²) in [5.74, 6) is 1.77. The Morgan fingerprint density at radius 1 is 1.03 bits per heavy atom. The molecule has 2 heterocycles. The highest BCUT2D eigenvalue weighted by molar-refractivity contribution is 5.93. The first-order valence-corrected chi connectivity index (χ1v) is 10.2. The Kier molecular flexibility index (Phi) is 6.34. The number of methoxy groups -OCH3 is 2. The van der Waals surface area contributed by atoms with Gasteiger partial charge in [0.15, 0.2) is 23.0 Å². The standard InChI is InChI=1S/C23H23N3O7/c1-30-17-5-3-14(9-19(17)31-2)7-8-24-21(27)16-11-25-23(29)26(22(16)28)12-15-4-6-18-20(10-15)33-13-32-18/h3-6,9-11H,7-8,12-13H2,1-2H3,(H,24,27)(H,25,29). The zero-order chi connectivity index (χ0) is 23.4. The van der Waals surface area contributed by atoms with Crippen LogP contribution >= 0.6 is 0 Å². The van der Waals surface area contributed by atoms with Gasteiger partial charge in [0, 0.05) is 12.7 Å². The van der Waals surface area contributed by atoms with Crippen LogP contribution in [0.2, 0.25) is 0 Å². The second-order valence-electron chi connectivity index (χ2n) is 7.28. The minimum absolute atomic E-state index is 0.0163. The SMILES string of the molecule is COc1ccc(CCNC(=O)c2c[nH]c(=O)n(Cc3ccc4c(c3)OCO4)c2=O)cc1OC. The number of amides is 1. The number of aromatic nitrogens is 2. The van der Waals surface area contributed by atoms with Crippen molar-refractivity contribution in [3.8, 4) is 23.0 Å². The van der Waals surface area contributed by atoms with Crippen molar-refractivity contribution in [3.63, 3.8) is 0 Å². The molecular weight excluding hydrogens is 430 g/mol. The van der Waals surface area contributed by atoms with E-state index in [4.69, 9.17) is 18.9 Å². The first-order chi connectivity index (χ1) is 16.0. The maximum Gasteiger partial charge on any atom is 0.328 e. The van der Waals surface area contributed by atoms with Crippen molar-refractivity contribution in [3.05, 3.63) is 80.1 Å². The molecule has 0 spiro atoms. The van der Waals surface area contributed by atoms with Gasteiger partial charge in [0.25, 0.3) is 11.5 Å². The monoisotopic (exact) mass is 453 g/mol. The van der Waals surface area contributed by atoms with Crippen molar-refractivity contribution in [1.29, 1.82) is 0 Å². The van der Waals surface area contributed by atoms with E-state index in [1.807, 2.05) is 12.1 Å². The predicted molar refractivity (Wildman–Crippen MR) is 119 cm³/mol. The Bertz CT molecular complexity index is 1300. The van der Waals surface area contributed by atoms with Crippen molar-refractivity contribution in [2.75, 3.05) is 27.6 Å². The number of nitrogens with one attached hydrogen (secondary N) is 2. The minimum Gasteiger partial charge on any atom is -0.493 e. The second-order valence-corrected chi connectivity index (χ2v) is 7.28. The Hall–Kier alpha value is -4.21. The van der Waals surface area contributed by atoms with E-state index in [-0.39, 0.29) is 25.4 Å². The average Bonchev–Trinajstić information content (AvgIpc) is 3.29. The molecule has 1 amide bonds. The molecule has 1 aliphatic rings. The van der Waals surface area contributed by atoms with Crippen LogP contribution in [0.15, 0.2) is 52.2 Å². The van der Waals surface area contributed by atoms with Crippen molar-refractivity contribution in [2.45, 2.75) is 13.0 Å². The van der Waals surface area contributed by atoms with Crippen LogP contribution < -0.4 is 35.5 Å². The number of benzene rings is 2. The Morgan fingerprint density at radius 2 is 1.79 bits per heavy atom. The molecule has 0 bridgehead atoms. The first-order valence-electron chi connectivity index (χ1n) is 10.2. The van der Waals surface area contributed by atoms with Crippen LogP contribution in [-0.2, 0) is 13.0 Å². The molecule has 0 saturated heterocycles. The van der Waals surface area contributed by atoms with E-state index in [0.29, 0.717) is 35.0 Å². The Morgan fingerprint density at radius 3 is 2.58 bits per heavy atom. The molecule has 0 unspecified atom stereocenters. The van der Waals surface area contributed by atoms with Crippen LogP contribution in [0.4, 0.5) is 0 Å². The summed E-state index contributed by atoms with van der Waals surface area (Å²) >= 11 is 0. The smallest absolute Gasteiger partial charge is 0.328 e. The lowest BCUT2D eigenvalue weighted by Crippen LogP contribution is -2.41. The maximum absolute atomic E-state index is 12.9. The van der Waals surface area contributed by atoms with E-state index in [9.17, 15) is 14.4 Å². The van der Waals surface area contributed by atoms with E-state index >= 15 is 0 Å². The molecule has 0 radical (unpaired) electrons. The summed E-state index contributed by atoms with van der Waals surface area (Å²) in [6.07, 6.45) is 1.65. The molecule has 0 fully saturated rings. The molecule has 4 rings (SSSR count). The number of ether oxygens (including phenoxy) is 4. The Labute approximate surface area is 188 Å². The lowest BCUT2D eigenvalue weighted by atomic mass is 10.1. The van der Waals surface area contributed by atoms with Gasteiger partial charge in [-0.2, -0.15) is 0 Å². The third kappa shape index (κ3) is 4.69. The maximum atomic E-state index is 12.9. The molecule has 2 N–H and O–H groups in total. The van der Waals surface area contributed by atoms with Gasteiger partial charge in [0.05, 0.1) is 20.8 Å². The molecule has 10 nitrogen and oxygen atoms in total. The van der Waals surface area contributed by atoms with Gasteiger partial charge in [0.1, 0.15) is 5.56 Å². The van der Waals surface area contributed by atoms with E-state index in [1.54, 1.807) is 38.5 Å². The second kappa shape index (κ2) is 9.51.